The molecule has 0 bridgehead atoms. The number of hydrogen-bond acceptors (Lipinski definition) is 4. The molecule has 0 aromatic carbocycles. The van der Waals surface area contributed by atoms with E-state index in [1.807, 2.05) is 25.9 Å². The Hall–Kier alpha value is -0.650. The molecule has 0 radical (unpaired) electrons. The van der Waals surface area contributed by atoms with Crippen LogP contribution >= 0.6 is 0 Å². The molecule has 0 saturated carbocycles. The summed E-state index contributed by atoms with van der Waals surface area (Å²) in [4.78, 5) is 13.3. The highest BCUT2D eigenvalue weighted by atomic mass is 16.3. The summed E-state index contributed by atoms with van der Waals surface area (Å²) < 4.78 is 0. The van der Waals surface area contributed by atoms with Crippen molar-refractivity contribution in [2.45, 2.75) is 25.9 Å². The Bertz CT molecular complexity index is 205. The van der Waals surface area contributed by atoms with Crippen LogP contribution in [-0.4, -0.2) is 61.8 Å². The highest BCUT2D eigenvalue weighted by molar-refractivity contribution is 5.76. The van der Waals surface area contributed by atoms with Gasteiger partial charge in [-0.3, -0.25) is 4.79 Å². The highest BCUT2D eigenvalue weighted by Crippen LogP contribution is 2.02. The second-order valence-electron chi connectivity index (χ2n) is 4.62. The Kier molecular flexibility index (Phi) is 7.29. The van der Waals surface area contributed by atoms with Gasteiger partial charge >= 0.3 is 0 Å². The van der Waals surface area contributed by atoms with E-state index in [1.54, 1.807) is 6.92 Å². The van der Waals surface area contributed by atoms with Crippen LogP contribution in [0.4, 0.5) is 0 Å². The number of rotatable bonds is 8. The number of nitrogens with zero attached hydrogens (tertiary/aromatic N) is 1. The predicted molar refractivity (Wildman–Crippen MR) is 65.3 cm³/mol. The summed E-state index contributed by atoms with van der Waals surface area (Å²) in [7, 11) is 3.78. The normalized spacial score (nSPS) is 14.9. The third-order valence-electron chi connectivity index (χ3n) is 2.10. The lowest BCUT2D eigenvalue weighted by molar-refractivity contribution is -0.122. The van der Waals surface area contributed by atoms with Crippen molar-refractivity contribution in [3.63, 3.8) is 0 Å². The van der Waals surface area contributed by atoms with E-state index in [2.05, 4.69) is 10.6 Å². The average Bonchev–Trinajstić information content (AvgIpc) is 2.13. The van der Waals surface area contributed by atoms with Gasteiger partial charge in [0.05, 0.1) is 5.60 Å². The average molecular weight is 231 g/mol. The van der Waals surface area contributed by atoms with Crippen LogP contribution in [0.1, 0.15) is 20.3 Å². The van der Waals surface area contributed by atoms with Crippen LogP contribution in [0.2, 0.25) is 0 Å². The van der Waals surface area contributed by atoms with Crippen molar-refractivity contribution >= 4 is 5.91 Å². The fourth-order valence-corrected chi connectivity index (χ4v) is 1.49. The molecule has 96 valence electrons. The fourth-order valence-electron chi connectivity index (χ4n) is 1.49. The molecule has 0 aliphatic heterocycles. The first-order chi connectivity index (χ1) is 7.37. The van der Waals surface area contributed by atoms with Crippen molar-refractivity contribution < 1.29 is 9.90 Å². The minimum absolute atomic E-state index is 0.0278. The Morgan fingerprint density at radius 3 is 2.56 bits per heavy atom. The molecule has 0 aromatic rings. The molecule has 0 aliphatic rings. The number of amides is 1. The van der Waals surface area contributed by atoms with Crippen molar-refractivity contribution in [3.05, 3.63) is 0 Å². The molecule has 0 spiro atoms. The minimum atomic E-state index is -0.878. The molecule has 1 unspecified atom stereocenters. The van der Waals surface area contributed by atoms with Crippen LogP contribution < -0.4 is 10.6 Å². The van der Waals surface area contributed by atoms with Crippen molar-refractivity contribution in [1.82, 2.24) is 15.5 Å². The lowest BCUT2D eigenvalue weighted by Gasteiger charge is -2.27. The Balaban J connectivity index is 3.72. The van der Waals surface area contributed by atoms with E-state index in [-0.39, 0.29) is 12.5 Å². The third kappa shape index (κ3) is 8.64. The molecule has 5 nitrogen and oxygen atoms in total. The van der Waals surface area contributed by atoms with Crippen molar-refractivity contribution in [2.24, 2.45) is 0 Å². The summed E-state index contributed by atoms with van der Waals surface area (Å²) in [6.45, 7) is 6.08. The molecule has 0 saturated heterocycles. The maximum absolute atomic E-state index is 11.4. The Morgan fingerprint density at radius 2 is 2.06 bits per heavy atom. The summed E-state index contributed by atoms with van der Waals surface area (Å²) in [6, 6.07) is 0. The van der Waals surface area contributed by atoms with Gasteiger partial charge in [0.2, 0.25) is 5.91 Å². The quantitative estimate of drug-likeness (QED) is 0.489. The molecule has 3 N–H and O–H groups in total. The molecule has 0 fully saturated rings. The molecule has 0 aromatic heterocycles. The van der Waals surface area contributed by atoms with Gasteiger partial charge in [-0.05, 0) is 27.6 Å². The van der Waals surface area contributed by atoms with E-state index in [9.17, 15) is 9.90 Å². The Morgan fingerprint density at radius 1 is 1.44 bits per heavy atom. The summed E-state index contributed by atoms with van der Waals surface area (Å²) >= 11 is 0. The molecular weight excluding hydrogens is 206 g/mol. The van der Waals surface area contributed by atoms with E-state index in [1.165, 1.54) is 0 Å². The second-order valence-corrected chi connectivity index (χ2v) is 4.62. The topological polar surface area (TPSA) is 64.6 Å². The molecule has 0 rings (SSSR count). The summed E-state index contributed by atoms with van der Waals surface area (Å²) in [5.41, 5.74) is -0.878. The van der Waals surface area contributed by atoms with Gasteiger partial charge in [0, 0.05) is 26.1 Å². The van der Waals surface area contributed by atoms with Crippen molar-refractivity contribution in [2.75, 3.05) is 40.3 Å². The van der Waals surface area contributed by atoms with Gasteiger partial charge in [0.15, 0.2) is 0 Å². The van der Waals surface area contributed by atoms with Gasteiger partial charge in [-0.2, -0.15) is 0 Å². The molecular formula is C11H25N3O2. The first kappa shape index (κ1) is 15.3. The van der Waals surface area contributed by atoms with Gasteiger partial charge < -0.3 is 20.6 Å². The maximum atomic E-state index is 11.4. The lowest BCUT2D eigenvalue weighted by atomic mass is 10.1. The van der Waals surface area contributed by atoms with Crippen molar-refractivity contribution in [3.8, 4) is 0 Å². The molecule has 0 aliphatic carbocycles. The van der Waals surface area contributed by atoms with E-state index >= 15 is 0 Å². The number of aliphatic hydroxyl groups is 1. The number of carbonyl (C=O) groups is 1. The SMILES string of the molecule is CCNCCC(=O)NCC(C)(O)CN(C)C. The standard InChI is InChI=1S/C11H25N3O2/c1-5-12-7-6-10(15)13-8-11(2,16)9-14(3)4/h12,16H,5-9H2,1-4H3,(H,13,15). The minimum Gasteiger partial charge on any atom is -0.387 e. The number of hydrogen-bond donors (Lipinski definition) is 3. The second kappa shape index (κ2) is 7.60. The van der Waals surface area contributed by atoms with Crippen LogP contribution in [0.25, 0.3) is 0 Å². The van der Waals surface area contributed by atoms with Crippen LogP contribution in [0.5, 0.6) is 0 Å². The van der Waals surface area contributed by atoms with Gasteiger partial charge in [0.25, 0.3) is 0 Å². The van der Waals surface area contributed by atoms with E-state index in [4.69, 9.17) is 0 Å². The van der Waals surface area contributed by atoms with Gasteiger partial charge in [-0.25, -0.2) is 0 Å². The number of carbonyl (C=O) groups excluding carboxylic acids is 1. The molecule has 1 amide bonds. The summed E-state index contributed by atoms with van der Waals surface area (Å²) in [6.07, 6.45) is 0.450. The van der Waals surface area contributed by atoms with Crippen LogP contribution in [-0.2, 0) is 4.79 Å². The van der Waals surface area contributed by atoms with Crippen LogP contribution in [0, 0.1) is 0 Å². The highest BCUT2D eigenvalue weighted by Gasteiger charge is 2.21. The largest absolute Gasteiger partial charge is 0.387 e. The Labute approximate surface area is 98.2 Å². The van der Waals surface area contributed by atoms with Crippen molar-refractivity contribution in [1.29, 1.82) is 0 Å². The lowest BCUT2D eigenvalue weighted by Crippen LogP contribution is -2.47. The predicted octanol–water partition coefficient (Wildman–Crippen LogP) is -0.585. The number of nitrogens with one attached hydrogen (secondary N) is 2. The zero-order valence-electron chi connectivity index (χ0n) is 10.8. The zero-order valence-corrected chi connectivity index (χ0v) is 10.8. The monoisotopic (exact) mass is 231 g/mol. The first-order valence-corrected chi connectivity index (χ1v) is 5.72. The first-order valence-electron chi connectivity index (χ1n) is 5.72. The molecule has 0 heterocycles. The van der Waals surface area contributed by atoms with Gasteiger partial charge in [-0.15, -0.1) is 0 Å². The van der Waals surface area contributed by atoms with Gasteiger partial charge in [0.1, 0.15) is 0 Å². The number of likely N-dealkylation sites (N-methyl/N-ethyl adjacent to an activating group) is 1. The van der Waals surface area contributed by atoms with E-state index < -0.39 is 5.60 Å². The summed E-state index contributed by atoms with van der Waals surface area (Å²) in [5.74, 6) is -0.0278. The smallest absolute Gasteiger partial charge is 0.221 e. The van der Waals surface area contributed by atoms with Crippen LogP contribution in [0.3, 0.4) is 0 Å². The molecule has 5 heteroatoms. The third-order valence-corrected chi connectivity index (χ3v) is 2.10. The maximum Gasteiger partial charge on any atom is 0.221 e. The summed E-state index contributed by atoms with van der Waals surface area (Å²) in [5, 5.41) is 15.7. The zero-order chi connectivity index (χ0) is 12.6. The van der Waals surface area contributed by atoms with E-state index in [0.717, 1.165) is 6.54 Å². The molecule has 1 atom stereocenters. The molecule has 16 heavy (non-hydrogen) atoms. The van der Waals surface area contributed by atoms with Gasteiger partial charge in [-0.1, -0.05) is 6.92 Å². The van der Waals surface area contributed by atoms with E-state index in [0.29, 0.717) is 19.5 Å². The van der Waals surface area contributed by atoms with Crippen LogP contribution in [0.15, 0.2) is 0 Å². The fraction of sp³-hybridized carbons (Fsp3) is 0.909.